The molecule has 32 heavy (non-hydrogen) atoms. The maximum absolute atomic E-state index is 12.4. The number of benzene rings is 3. The zero-order chi connectivity index (χ0) is 22.5. The number of carbonyl (C=O) groups excluding carboxylic acids is 1. The van der Waals surface area contributed by atoms with Crippen molar-refractivity contribution in [2.45, 2.75) is 39.5 Å². The molecule has 164 valence electrons. The van der Waals surface area contributed by atoms with Crippen LogP contribution in [0.2, 0.25) is 0 Å². The van der Waals surface area contributed by atoms with E-state index in [2.05, 4.69) is 43.2 Å². The Morgan fingerprint density at radius 3 is 2.62 bits per heavy atom. The van der Waals surface area contributed by atoms with E-state index in [1.165, 1.54) is 11.1 Å². The molecule has 0 aliphatic rings. The molecule has 0 spiro atoms. The van der Waals surface area contributed by atoms with Crippen LogP contribution in [-0.4, -0.2) is 17.5 Å². The van der Waals surface area contributed by atoms with Gasteiger partial charge in [0.05, 0.1) is 0 Å². The Hall–Kier alpha value is -3.60. The van der Waals surface area contributed by atoms with Crippen molar-refractivity contribution >= 4 is 22.7 Å². The summed E-state index contributed by atoms with van der Waals surface area (Å²) in [6.07, 6.45) is 2.04. The summed E-state index contributed by atoms with van der Waals surface area (Å²) in [6, 6.07) is 21.4. The molecule has 0 unspecified atom stereocenters. The minimum absolute atomic E-state index is 0.0586. The molecule has 1 heterocycles. The smallest absolute Gasteiger partial charge is 0.262 e. The van der Waals surface area contributed by atoms with Gasteiger partial charge in [-0.15, -0.1) is 0 Å². The molecule has 1 aromatic heterocycles. The lowest BCUT2D eigenvalue weighted by Crippen LogP contribution is -2.20. The molecule has 5 nitrogen and oxygen atoms in total. The molecule has 4 rings (SSSR count). The van der Waals surface area contributed by atoms with Crippen LogP contribution < -0.4 is 10.1 Å². The van der Waals surface area contributed by atoms with E-state index in [1.807, 2.05) is 54.6 Å². The molecule has 3 aromatic carbocycles. The molecule has 0 saturated carbocycles. The van der Waals surface area contributed by atoms with Crippen molar-refractivity contribution in [3.05, 3.63) is 77.9 Å². The molecule has 1 N–H and O–H groups in total. The van der Waals surface area contributed by atoms with E-state index in [9.17, 15) is 4.79 Å². The van der Waals surface area contributed by atoms with E-state index >= 15 is 0 Å². The Morgan fingerprint density at radius 1 is 1.06 bits per heavy atom. The normalized spacial score (nSPS) is 12.0. The van der Waals surface area contributed by atoms with Gasteiger partial charge in [-0.1, -0.05) is 45.0 Å². The van der Waals surface area contributed by atoms with Gasteiger partial charge in [0.1, 0.15) is 11.3 Å². The molecular weight excluding hydrogens is 400 g/mol. The van der Waals surface area contributed by atoms with Crippen molar-refractivity contribution in [2.75, 3.05) is 11.9 Å². The highest BCUT2D eigenvalue weighted by Crippen LogP contribution is 2.29. The average molecular weight is 429 g/mol. The first-order valence-corrected chi connectivity index (χ1v) is 11.1. The Balaban J connectivity index is 1.44. The van der Waals surface area contributed by atoms with Crippen LogP contribution in [0, 0.1) is 0 Å². The summed E-state index contributed by atoms with van der Waals surface area (Å²) < 4.78 is 11.5. The van der Waals surface area contributed by atoms with E-state index < -0.39 is 0 Å². The second kappa shape index (κ2) is 9.69. The van der Waals surface area contributed by atoms with Crippen molar-refractivity contribution in [2.24, 2.45) is 0 Å². The van der Waals surface area contributed by atoms with Gasteiger partial charge >= 0.3 is 0 Å². The number of fused-ring (bicyclic) bond motifs is 1. The number of carbonyl (C=O) groups is 1. The number of aromatic nitrogens is 1. The van der Waals surface area contributed by atoms with Crippen LogP contribution in [0.5, 0.6) is 5.75 Å². The number of aryl methyl sites for hydroxylation is 1. The van der Waals surface area contributed by atoms with Crippen LogP contribution in [0.3, 0.4) is 0 Å². The number of rotatable bonds is 8. The summed E-state index contributed by atoms with van der Waals surface area (Å²) in [5.41, 5.74) is 5.55. The standard InChI is InChI=1S/C27H28N2O3/c1-4-18(3)20-11-14-25-24(16-20)29-27(32-25)21-7-6-8-22(15-21)28-26(30)17-31-23-12-9-19(5-2)10-13-23/h6-16,18H,4-5,17H2,1-3H3,(H,28,30)/t18-/m1/s1. The summed E-state index contributed by atoms with van der Waals surface area (Å²) in [5, 5.41) is 2.88. The molecule has 0 saturated heterocycles. The first kappa shape index (κ1) is 21.6. The quantitative estimate of drug-likeness (QED) is 0.344. The summed E-state index contributed by atoms with van der Waals surface area (Å²) >= 11 is 0. The third-order valence-corrected chi connectivity index (χ3v) is 5.69. The van der Waals surface area contributed by atoms with Crippen LogP contribution in [0.15, 0.2) is 71.1 Å². The fourth-order valence-electron chi connectivity index (χ4n) is 3.51. The molecule has 0 fully saturated rings. The number of amides is 1. The lowest BCUT2D eigenvalue weighted by atomic mass is 9.98. The number of nitrogens with zero attached hydrogens (tertiary/aromatic N) is 1. The highest BCUT2D eigenvalue weighted by atomic mass is 16.5. The molecule has 5 heteroatoms. The second-order valence-corrected chi connectivity index (χ2v) is 7.97. The molecule has 0 bridgehead atoms. The Bertz CT molecular complexity index is 1210. The van der Waals surface area contributed by atoms with Crippen LogP contribution >= 0.6 is 0 Å². The van der Waals surface area contributed by atoms with E-state index in [0.717, 1.165) is 29.5 Å². The number of nitrogens with one attached hydrogen (secondary N) is 1. The van der Waals surface area contributed by atoms with Crippen LogP contribution in [-0.2, 0) is 11.2 Å². The molecule has 1 amide bonds. The van der Waals surface area contributed by atoms with Crippen LogP contribution in [0.25, 0.3) is 22.6 Å². The van der Waals surface area contributed by atoms with Crippen LogP contribution in [0.1, 0.15) is 44.2 Å². The average Bonchev–Trinajstić information content (AvgIpc) is 3.26. The first-order chi connectivity index (χ1) is 15.6. The third-order valence-electron chi connectivity index (χ3n) is 5.69. The number of anilines is 1. The van der Waals surface area contributed by atoms with Gasteiger partial charge in [-0.3, -0.25) is 4.79 Å². The van der Waals surface area contributed by atoms with E-state index in [4.69, 9.17) is 9.15 Å². The first-order valence-electron chi connectivity index (χ1n) is 11.1. The predicted octanol–water partition coefficient (Wildman–Crippen LogP) is 6.59. The lowest BCUT2D eigenvalue weighted by molar-refractivity contribution is -0.118. The summed E-state index contributed by atoms with van der Waals surface area (Å²) in [4.78, 5) is 17.0. The van der Waals surface area contributed by atoms with Crippen molar-refractivity contribution in [1.82, 2.24) is 4.98 Å². The predicted molar refractivity (Wildman–Crippen MR) is 128 cm³/mol. The topological polar surface area (TPSA) is 64.4 Å². The fourth-order valence-corrected chi connectivity index (χ4v) is 3.51. The summed E-state index contributed by atoms with van der Waals surface area (Å²) in [6.45, 7) is 6.42. The zero-order valence-electron chi connectivity index (χ0n) is 18.7. The van der Waals surface area contributed by atoms with Crippen molar-refractivity contribution in [3.8, 4) is 17.2 Å². The number of oxazole rings is 1. The Kier molecular flexibility index (Phi) is 6.55. The molecule has 1 atom stereocenters. The van der Waals surface area contributed by atoms with Gasteiger partial charge in [0.25, 0.3) is 5.91 Å². The highest BCUT2D eigenvalue weighted by molar-refractivity contribution is 5.92. The maximum atomic E-state index is 12.4. The Labute approximate surface area is 188 Å². The number of ether oxygens (including phenoxy) is 1. The van der Waals surface area contributed by atoms with Crippen LogP contribution in [0.4, 0.5) is 5.69 Å². The number of hydrogen-bond donors (Lipinski definition) is 1. The minimum Gasteiger partial charge on any atom is -0.484 e. The molecule has 4 aromatic rings. The number of hydrogen-bond acceptors (Lipinski definition) is 4. The largest absolute Gasteiger partial charge is 0.484 e. The van der Waals surface area contributed by atoms with E-state index in [-0.39, 0.29) is 12.5 Å². The lowest BCUT2D eigenvalue weighted by Gasteiger charge is -2.08. The SMILES string of the molecule is CCc1ccc(OCC(=O)Nc2cccc(-c3nc4cc([C@H](C)CC)ccc4o3)c2)cc1. The molecular formula is C27H28N2O3. The summed E-state index contributed by atoms with van der Waals surface area (Å²) in [7, 11) is 0. The van der Waals surface area contributed by atoms with Crippen molar-refractivity contribution in [3.63, 3.8) is 0 Å². The molecule has 0 radical (unpaired) electrons. The van der Waals surface area contributed by atoms with Gasteiger partial charge in [0, 0.05) is 11.3 Å². The third kappa shape index (κ3) is 4.99. The monoisotopic (exact) mass is 428 g/mol. The summed E-state index contributed by atoms with van der Waals surface area (Å²) in [5.74, 6) is 1.46. The highest BCUT2D eigenvalue weighted by Gasteiger charge is 2.12. The Morgan fingerprint density at radius 2 is 1.88 bits per heavy atom. The van der Waals surface area contributed by atoms with Gasteiger partial charge in [-0.25, -0.2) is 4.98 Å². The van der Waals surface area contributed by atoms with Gasteiger partial charge in [-0.2, -0.15) is 0 Å². The van der Waals surface area contributed by atoms with Gasteiger partial charge < -0.3 is 14.5 Å². The minimum atomic E-state index is -0.225. The van der Waals surface area contributed by atoms with Crippen molar-refractivity contribution < 1.29 is 13.9 Å². The van der Waals surface area contributed by atoms with Gasteiger partial charge in [-0.05, 0) is 72.4 Å². The van der Waals surface area contributed by atoms with E-state index in [1.54, 1.807) is 0 Å². The van der Waals surface area contributed by atoms with Gasteiger partial charge in [0.2, 0.25) is 5.89 Å². The maximum Gasteiger partial charge on any atom is 0.262 e. The fraction of sp³-hybridized carbons (Fsp3) is 0.259. The van der Waals surface area contributed by atoms with Crippen molar-refractivity contribution in [1.29, 1.82) is 0 Å². The zero-order valence-corrected chi connectivity index (χ0v) is 18.7. The van der Waals surface area contributed by atoms with E-state index in [0.29, 0.717) is 23.2 Å². The molecule has 0 aliphatic carbocycles. The van der Waals surface area contributed by atoms with Gasteiger partial charge in [0.15, 0.2) is 12.2 Å². The molecule has 0 aliphatic heterocycles. The second-order valence-electron chi connectivity index (χ2n) is 7.97.